The van der Waals surface area contributed by atoms with Crippen LogP contribution in [0.25, 0.3) is 0 Å². The van der Waals surface area contributed by atoms with Gasteiger partial charge in [-0.1, -0.05) is 30.3 Å². The lowest BCUT2D eigenvalue weighted by atomic mass is 10.00. The minimum absolute atomic E-state index is 0.0373. The lowest BCUT2D eigenvalue weighted by molar-refractivity contribution is -0.148. The number of hydrogen-bond donors (Lipinski definition) is 4. The van der Waals surface area contributed by atoms with Gasteiger partial charge >= 0.3 is 5.97 Å². The van der Waals surface area contributed by atoms with Crippen LogP contribution in [-0.4, -0.2) is 52.7 Å². The Kier molecular flexibility index (Phi) is 5.41. The second-order valence-electron chi connectivity index (χ2n) is 7.63. The highest BCUT2D eigenvalue weighted by atomic mass is 16.4. The van der Waals surface area contributed by atoms with Gasteiger partial charge in [-0.3, -0.25) is 9.59 Å². The van der Waals surface area contributed by atoms with Crippen LogP contribution >= 0.6 is 0 Å². The van der Waals surface area contributed by atoms with Crippen LogP contribution < -0.4 is 15.5 Å². The number of aliphatic carboxylic acids is 1. The summed E-state index contributed by atoms with van der Waals surface area (Å²) in [4.78, 5) is 38.4. The number of nitrogens with zero attached hydrogens (tertiary/aromatic N) is 1. The molecule has 2 amide bonds. The van der Waals surface area contributed by atoms with E-state index in [9.17, 15) is 24.6 Å². The van der Waals surface area contributed by atoms with Crippen molar-refractivity contribution in [3.05, 3.63) is 59.7 Å². The molecule has 0 radical (unpaired) electrons. The minimum Gasteiger partial charge on any atom is -0.479 e. The normalized spacial score (nSPS) is 19.3. The van der Waals surface area contributed by atoms with Crippen LogP contribution in [0.1, 0.15) is 28.8 Å². The zero-order valence-electron chi connectivity index (χ0n) is 16.2. The van der Waals surface area contributed by atoms with E-state index in [4.69, 9.17) is 0 Å². The van der Waals surface area contributed by atoms with E-state index in [-0.39, 0.29) is 18.4 Å². The number of carbonyl (C=O) groups is 3. The zero-order valence-corrected chi connectivity index (χ0v) is 16.2. The molecule has 2 aliphatic rings. The molecule has 2 aromatic rings. The number of benzene rings is 2. The fourth-order valence-electron chi connectivity index (χ4n) is 4.09. The van der Waals surface area contributed by atoms with Crippen molar-refractivity contribution in [3.63, 3.8) is 0 Å². The summed E-state index contributed by atoms with van der Waals surface area (Å²) >= 11 is 0. The second-order valence-corrected chi connectivity index (χ2v) is 7.63. The number of anilines is 2. The molecule has 2 heterocycles. The predicted octanol–water partition coefficient (Wildman–Crippen LogP) is 1.39. The fraction of sp³-hybridized carbons (Fsp3) is 0.318. The van der Waals surface area contributed by atoms with Crippen molar-refractivity contribution in [2.24, 2.45) is 0 Å². The van der Waals surface area contributed by atoms with E-state index < -0.39 is 24.0 Å². The van der Waals surface area contributed by atoms with Crippen LogP contribution in [0.3, 0.4) is 0 Å². The Morgan fingerprint density at radius 2 is 1.97 bits per heavy atom. The van der Waals surface area contributed by atoms with Crippen LogP contribution in [0.15, 0.2) is 48.5 Å². The zero-order chi connectivity index (χ0) is 21.3. The Morgan fingerprint density at radius 1 is 1.20 bits per heavy atom. The lowest BCUT2D eigenvalue weighted by Crippen LogP contribution is -2.48. The van der Waals surface area contributed by atoms with Gasteiger partial charge in [-0.05, 0) is 43.0 Å². The highest BCUT2D eigenvalue weighted by Crippen LogP contribution is 2.37. The van der Waals surface area contributed by atoms with Crippen molar-refractivity contribution in [2.45, 2.75) is 37.5 Å². The van der Waals surface area contributed by atoms with Gasteiger partial charge in [0, 0.05) is 12.1 Å². The van der Waals surface area contributed by atoms with Crippen LogP contribution in [0, 0.1) is 0 Å². The SMILES string of the molecule is O=C(N[C@H](Cc1ccccc1)[C@@H](O)C(=O)O)c1ccc2c(c1)N1CCCC1C(=O)N2. The molecule has 8 nitrogen and oxygen atoms in total. The number of carboxylic acids is 1. The van der Waals surface area contributed by atoms with E-state index in [2.05, 4.69) is 10.6 Å². The number of carbonyl (C=O) groups excluding carboxylic acids is 2. The maximum absolute atomic E-state index is 12.9. The Bertz CT molecular complexity index is 978. The summed E-state index contributed by atoms with van der Waals surface area (Å²) in [6, 6.07) is 12.8. The van der Waals surface area contributed by atoms with Crippen molar-refractivity contribution >= 4 is 29.2 Å². The summed E-state index contributed by atoms with van der Waals surface area (Å²) in [6.07, 6.45) is 0.104. The molecule has 156 valence electrons. The molecule has 2 aliphatic heterocycles. The molecular formula is C22H23N3O5. The quantitative estimate of drug-likeness (QED) is 0.573. The number of aliphatic hydroxyl groups is 1. The van der Waals surface area contributed by atoms with Gasteiger partial charge in [0.25, 0.3) is 5.91 Å². The molecular weight excluding hydrogens is 386 g/mol. The van der Waals surface area contributed by atoms with Gasteiger partial charge in [0.1, 0.15) is 6.04 Å². The Labute approximate surface area is 173 Å². The van der Waals surface area contributed by atoms with Crippen molar-refractivity contribution in [3.8, 4) is 0 Å². The third-order valence-electron chi connectivity index (χ3n) is 5.63. The van der Waals surface area contributed by atoms with E-state index in [1.54, 1.807) is 18.2 Å². The van der Waals surface area contributed by atoms with E-state index in [1.807, 2.05) is 35.2 Å². The number of amides is 2. The van der Waals surface area contributed by atoms with Gasteiger partial charge in [-0.2, -0.15) is 0 Å². The van der Waals surface area contributed by atoms with E-state index in [0.717, 1.165) is 30.6 Å². The third kappa shape index (κ3) is 3.86. The smallest absolute Gasteiger partial charge is 0.334 e. The molecule has 30 heavy (non-hydrogen) atoms. The number of rotatable bonds is 6. The third-order valence-corrected chi connectivity index (χ3v) is 5.63. The average Bonchev–Trinajstić information content (AvgIpc) is 3.24. The molecule has 8 heteroatoms. The molecule has 1 fully saturated rings. The molecule has 0 aromatic heterocycles. The summed E-state index contributed by atoms with van der Waals surface area (Å²) in [6.45, 7) is 0.741. The van der Waals surface area contributed by atoms with Crippen molar-refractivity contribution in [1.29, 1.82) is 0 Å². The highest BCUT2D eigenvalue weighted by molar-refractivity contribution is 6.06. The summed E-state index contributed by atoms with van der Waals surface area (Å²) in [5, 5.41) is 24.9. The van der Waals surface area contributed by atoms with Crippen LogP contribution in [0.5, 0.6) is 0 Å². The molecule has 2 aromatic carbocycles. The first-order valence-electron chi connectivity index (χ1n) is 9.91. The van der Waals surface area contributed by atoms with Crippen molar-refractivity contribution in [2.75, 3.05) is 16.8 Å². The first kappa shape index (κ1) is 19.9. The molecule has 4 N–H and O–H groups in total. The molecule has 3 atom stereocenters. The largest absolute Gasteiger partial charge is 0.479 e. The van der Waals surface area contributed by atoms with Gasteiger partial charge in [0.2, 0.25) is 5.91 Å². The van der Waals surface area contributed by atoms with E-state index >= 15 is 0 Å². The van der Waals surface area contributed by atoms with E-state index in [0.29, 0.717) is 11.3 Å². The van der Waals surface area contributed by atoms with Gasteiger partial charge in [-0.25, -0.2) is 4.79 Å². The summed E-state index contributed by atoms with van der Waals surface area (Å²) < 4.78 is 0. The Balaban J connectivity index is 1.56. The fourth-order valence-corrected chi connectivity index (χ4v) is 4.09. The maximum atomic E-state index is 12.9. The van der Waals surface area contributed by atoms with Crippen molar-refractivity contribution < 1.29 is 24.6 Å². The highest BCUT2D eigenvalue weighted by Gasteiger charge is 2.36. The number of fused-ring (bicyclic) bond motifs is 3. The van der Waals surface area contributed by atoms with Crippen LogP contribution in [-0.2, 0) is 16.0 Å². The van der Waals surface area contributed by atoms with E-state index in [1.165, 1.54) is 0 Å². The lowest BCUT2D eigenvalue weighted by Gasteiger charge is -2.33. The first-order chi connectivity index (χ1) is 14.4. The van der Waals surface area contributed by atoms with Gasteiger partial charge in [0.05, 0.1) is 17.4 Å². The first-order valence-corrected chi connectivity index (χ1v) is 9.91. The molecule has 0 bridgehead atoms. The summed E-state index contributed by atoms with van der Waals surface area (Å²) in [5.41, 5.74) is 2.58. The Hall–Kier alpha value is -3.39. The summed E-state index contributed by atoms with van der Waals surface area (Å²) in [7, 11) is 0. The molecule has 1 unspecified atom stereocenters. The van der Waals surface area contributed by atoms with Gasteiger partial charge in [-0.15, -0.1) is 0 Å². The Morgan fingerprint density at radius 3 is 2.70 bits per heavy atom. The monoisotopic (exact) mass is 409 g/mol. The molecule has 0 aliphatic carbocycles. The number of nitrogens with one attached hydrogen (secondary N) is 2. The van der Waals surface area contributed by atoms with Gasteiger partial charge in [0.15, 0.2) is 6.10 Å². The van der Waals surface area contributed by atoms with Gasteiger partial charge < -0.3 is 25.7 Å². The molecule has 0 spiro atoms. The molecule has 4 rings (SSSR count). The number of aliphatic hydroxyl groups excluding tert-OH is 1. The standard InChI is InChI=1S/C22H23N3O5/c26-19(22(29)30)16(11-13-5-2-1-3-6-13)24-20(27)14-8-9-15-18(12-14)25-10-4-7-17(25)21(28)23-15/h1-3,5-6,8-9,12,16-17,19,26H,4,7,10-11H2,(H,23,28)(H,24,27)(H,29,30)/t16-,17?,19-/m1/s1. The number of carboxylic acid groups (broad SMARTS) is 1. The van der Waals surface area contributed by atoms with Crippen molar-refractivity contribution in [1.82, 2.24) is 5.32 Å². The number of hydrogen-bond acceptors (Lipinski definition) is 5. The average molecular weight is 409 g/mol. The predicted molar refractivity (Wildman–Crippen MR) is 110 cm³/mol. The summed E-state index contributed by atoms with van der Waals surface area (Å²) in [5.74, 6) is -1.92. The molecule has 0 saturated carbocycles. The maximum Gasteiger partial charge on any atom is 0.334 e. The topological polar surface area (TPSA) is 119 Å². The molecule has 1 saturated heterocycles. The second kappa shape index (κ2) is 8.16. The van der Waals surface area contributed by atoms with Crippen LogP contribution in [0.4, 0.5) is 11.4 Å². The van der Waals surface area contributed by atoms with Crippen LogP contribution in [0.2, 0.25) is 0 Å². The minimum atomic E-state index is -1.74.